The van der Waals surface area contributed by atoms with Crippen molar-refractivity contribution < 1.29 is 4.79 Å². The summed E-state index contributed by atoms with van der Waals surface area (Å²) in [6, 6.07) is 15.6. The Labute approximate surface area is 202 Å². The van der Waals surface area contributed by atoms with Crippen molar-refractivity contribution in [2.24, 2.45) is 0 Å². The van der Waals surface area contributed by atoms with Crippen LogP contribution in [-0.4, -0.2) is 85.6 Å². The van der Waals surface area contributed by atoms with Gasteiger partial charge in [-0.15, -0.1) is 0 Å². The first-order chi connectivity index (χ1) is 16.1. The van der Waals surface area contributed by atoms with Crippen molar-refractivity contribution in [1.82, 2.24) is 14.7 Å². The SMILES string of the molecule is Cc1ccc(Cl)c(-c2ccc(N3CCN(CC(=O)N4CCN(C5CCC5)CC4)CC3)cc2)c1. The lowest BCUT2D eigenvalue weighted by molar-refractivity contribution is -0.134. The molecule has 1 aliphatic carbocycles. The molecule has 176 valence electrons. The first-order valence-electron chi connectivity index (χ1n) is 12.4. The number of aryl methyl sites for hydroxylation is 1. The van der Waals surface area contributed by atoms with E-state index in [4.69, 9.17) is 11.6 Å². The van der Waals surface area contributed by atoms with Crippen LogP contribution in [0.1, 0.15) is 24.8 Å². The van der Waals surface area contributed by atoms with Gasteiger partial charge >= 0.3 is 0 Å². The molecular formula is C27H35ClN4O. The maximum Gasteiger partial charge on any atom is 0.236 e. The first kappa shape index (κ1) is 22.7. The molecule has 0 aromatic heterocycles. The standard InChI is InChI=1S/C27H35ClN4O/c1-21-5-10-26(28)25(19-21)22-6-8-24(9-7-22)30-13-11-29(12-14-30)20-27(33)32-17-15-31(16-18-32)23-3-2-4-23/h5-10,19,23H,2-4,11-18,20H2,1H3. The van der Waals surface area contributed by atoms with Crippen molar-refractivity contribution in [3.63, 3.8) is 0 Å². The Kier molecular flexibility index (Phi) is 6.91. The Morgan fingerprint density at radius 3 is 2.24 bits per heavy atom. The van der Waals surface area contributed by atoms with Gasteiger partial charge in [-0.3, -0.25) is 14.6 Å². The number of piperazine rings is 2. The van der Waals surface area contributed by atoms with Crippen molar-refractivity contribution in [2.75, 3.05) is 63.8 Å². The monoisotopic (exact) mass is 466 g/mol. The zero-order valence-corrected chi connectivity index (χ0v) is 20.4. The number of rotatable bonds is 5. The number of halogens is 1. The molecule has 2 aromatic carbocycles. The number of carbonyl (C=O) groups excluding carboxylic acids is 1. The number of benzene rings is 2. The van der Waals surface area contributed by atoms with Crippen LogP contribution >= 0.6 is 11.6 Å². The molecule has 1 amide bonds. The van der Waals surface area contributed by atoms with Crippen LogP contribution in [-0.2, 0) is 4.79 Å². The van der Waals surface area contributed by atoms with Gasteiger partial charge in [-0.05, 0) is 49.6 Å². The normalized spacial score (nSPS) is 20.7. The molecule has 2 aliphatic heterocycles. The second kappa shape index (κ2) is 10.0. The highest BCUT2D eigenvalue weighted by Gasteiger charge is 2.30. The lowest BCUT2D eigenvalue weighted by atomic mass is 9.91. The molecule has 0 N–H and O–H groups in total. The molecule has 0 spiro atoms. The second-order valence-electron chi connectivity index (χ2n) is 9.79. The van der Waals surface area contributed by atoms with E-state index in [9.17, 15) is 4.79 Å². The predicted octanol–water partition coefficient (Wildman–Crippen LogP) is 4.13. The molecule has 3 fully saturated rings. The third-order valence-corrected chi connectivity index (χ3v) is 7.98. The average molecular weight is 467 g/mol. The highest BCUT2D eigenvalue weighted by molar-refractivity contribution is 6.33. The van der Waals surface area contributed by atoms with E-state index < -0.39 is 0 Å². The van der Waals surface area contributed by atoms with Crippen LogP contribution in [0.25, 0.3) is 11.1 Å². The van der Waals surface area contributed by atoms with Crippen LogP contribution in [0, 0.1) is 6.92 Å². The van der Waals surface area contributed by atoms with Crippen LogP contribution < -0.4 is 4.90 Å². The zero-order chi connectivity index (χ0) is 22.8. The van der Waals surface area contributed by atoms with Crippen molar-refractivity contribution >= 4 is 23.2 Å². The molecule has 2 heterocycles. The van der Waals surface area contributed by atoms with E-state index >= 15 is 0 Å². The zero-order valence-electron chi connectivity index (χ0n) is 19.7. The number of amides is 1. The van der Waals surface area contributed by atoms with E-state index in [1.165, 1.54) is 30.5 Å². The Hall–Kier alpha value is -2.08. The Bertz CT molecular complexity index is 959. The fraction of sp³-hybridized carbons (Fsp3) is 0.519. The van der Waals surface area contributed by atoms with Gasteiger partial charge in [-0.1, -0.05) is 41.8 Å². The summed E-state index contributed by atoms with van der Waals surface area (Å²) < 4.78 is 0. The van der Waals surface area contributed by atoms with Crippen LogP contribution in [0.15, 0.2) is 42.5 Å². The minimum Gasteiger partial charge on any atom is -0.369 e. The smallest absolute Gasteiger partial charge is 0.236 e. The van der Waals surface area contributed by atoms with Gasteiger partial charge in [0, 0.05) is 74.7 Å². The van der Waals surface area contributed by atoms with Crippen LogP contribution in [0.3, 0.4) is 0 Å². The van der Waals surface area contributed by atoms with Gasteiger partial charge in [0.15, 0.2) is 0 Å². The maximum absolute atomic E-state index is 12.8. The lowest BCUT2D eigenvalue weighted by Gasteiger charge is -2.43. The van der Waals surface area contributed by atoms with E-state index in [1.54, 1.807) is 0 Å². The van der Waals surface area contributed by atoms with Crippen LogP contribution in [0.5, 0.6) is 0 Å². The molecule has 0 radical (unpaired) electrons. The average Bonchev–Trinajstić information content (AvgIpc) is 2.81. The molecule has 0 bridgehead atoms. The molecule has 2 aromatic rings. The molecule has 5 nitrogen and oxygen atoms in total. The summed E-state index contributed by atoms with van der Waals surface area (Å²) >= 11 is 6.41. The number of nitrogens with zero attached hydrogens (tertiary/aromatic N) is 4. The highest BCUT2D eigenvalue weighted by Crippen LogP contribution is 2.30. The van der Waals surface area contributed by atoms with Gasteiger partial charge in [0.05, 0.1) is 6.54 Å². The van der Waals surface area contributed by atoms with Crippen molar-refractivity contribution in [3.05, 3.63) is 53.1 Å². The van der Waals surface area contributed by atoms with Crippen LogP contribution in [0.4, 0.5) is 5.69 Å². The molecule has 6 heteroatoms. The lowest BCUT2D eigenvalue weighted by Crippen LogP contribution is -2.56. The van der Waals surface area contributed by atoms with E-state index in [-0.39, 0.29) is 0 Å². The number of anilines is 1. The maximum atomic E-state index is 12.8. The van der Waals surface area contributed by atoms with Gasteiger partial charge in [-0.2, -0.15) is 0 Å². The second-order valence-corrected chi connectivity index (χ2v) is 10.2. The van der Waals surface area contributed by atoms with Gasteiger partial charge in [-0.25, -0.2) is 0 Å². The minimum atomic E-state index is 0.302. The van der Waals surface area contributed by atoms with Gasteiger partial charge in [0.25, 0.3) is 0 Å². The summed E-state index contributed by atoms with van der Waals surface area (Å²) in [4.78, 5) is 22.2. The van der Waals surface area contributed by atoms with E-state index in [0.717, 1.165) is 74.5 Å². The summed E-state index contributed by atoms with van der Waals surface area (Å²) in [6.45, 7) is 10.3. The number of hydrogen-bond donors (Lipinski definition) is 0. The fourth-order valence-electron chi connectivity index (χ4n) is 5.26. The molecule has 33 heavy (non-hydrogen) atoms. The minimum absolute atomic E-state index is 0.302. The molecule has 0 unspecified atom stereocenters. The Morgan fingerprint density at radius 1 is 0.909 bits per heavy atom. The Balaban J connectivity index is 1.10. The number of hydrogen-bond acceptors (Lipinski definition) is 4. The summed E-state index contributed by atoms with van der Waals surface area (Å²) in [7, 11) is 0. The van der Waals surface area contributed by atoms with Gasteiger partial charge in [0.2, 0.25) is 5.91 Å². The highest BCUT2D eigenvalue weighted by atomic mass is 35.5. The summed E-state index contributed by atoms with van der Waals surface area (Å²) in [5, 5.41) is 0.788. The molecule has 5 rings (SSSR count). The summed E-state index contributed by atoms with van der Waals surface area (Å²) in [6.07, 6.45) is 4.07. The van der Waals surface area contributed by atoms with E-state index in [2.05, 4.69) is 56.9 Å². The Morgan fingerprint density at radius 2 is 1.61 bits per heavy atom. The molecule has 1 saturated carbocycles. The van der Waals surface area contributed by atoms with Crippen molar-refractivity contribution in [1.29, 1.82) is 0 Å². The molecular weight excluding hydrogens is 432 g/mol. The van der Waals surface area contributed by atoms with Crippen molar-refractivity contribution in [3.8, 4) is 11.1 Å². The molecule has 0 atom stereocenters. The quantitative estimate of drug-likeness (QED) is 0.662. The van der Waals surface area contributed by atoms with Crippen molar-refractivity contribution in [2.45, 2.75) is 32.2 Å². The van der Waals surface area contributed by atoms with E-state index in [1.807, 2.05) is 12.1 Å². The third kappa shape index (κ3) is 5.21. The number of carbonyl (C=O) groups is 1. The first-order valence-corrected chi connectivity index (χ1v) is 12.8. The summed E-state index contributed by atoms with van der Waals surface area (Å²) in [5.41, 5.74) is 4.68. The molecule has 3 aliphatic rings. The van der Waals surface area contributed by atoms with Crippen LogP contribution in [0.2, 0.25) is 5.02 Å². The largest absolute Gasteiger partial charge is 0.369 e. The van der Waals surface area contributed by atoms with Gasteiger partial charge in [0.1, 0.15) is 0 Å². The van der Waals surface area contributed by atoms with Gasteiger partial charge < -0.3 is 9.80 Å². The van der Waals surface area contributed by atoms with E-state index in [0.29, 0.717) is 12.5 Å². The molecule has 2 saturated heterocycles. The summed E-state index contributed by atoms with van der Waals surface area (Å²) in [5.74, 6) is 0.302. The fourth-order valence-corrected chi connectivity index (χ4v) is 5.48. The third-order valence-electron chi connectivity index (χ3n) is 7.65. The predicted molar refractivity (Wildman–Crippen MR) is 136 cm³/mol. The topological polar surface area (TPSA) is 30.0 Å².